The van der Waals surface area contributed by atoms with E-state index in [4.69, 9.17) is 4.74 Å². The van der Waals surface area contributed by atoms with Gasteiger partial charge in [0, 0.05) is 12.7 Å². The lowest BCUT2D eigenvalue weighted by atomic mass is 9.66. The van der Waals surface area contributed by atoms with Crippen LogP contribution in [0.1, 0.15) is 53.7 Å². The number of fused-ring (bicyclic) bond motifs is 3. The first-order valence-corrected chi connectivity index (χ1v) is 9.20. The van der Waals surface area contributed by atoms with Crippen molar-refractivity contribution in [3.05, 3.63) is 59.2 Å². The number of aromatic carboxylic acids is 1. The van der Waals surface area contributed by atoms with E-state index in [0.717, 1.165) is 5.75 Å². The van der Waals surface area contributed by atoms with Crippen LogP contribution in [0.5, 0.6) is 5.75 Å². The fourth-order valence-electron chi connectivity index (χ4n) is 5.14. The van der Waals surface area contributed by atoms with Crippen LogP contribution >= 0.6 is 0 Å². The molecule has 4 heteroatoms. The first-order valence-electron chi connectivity index (χ1n) is 9.20. The first kappa shape index (κ1) is 17.0. The second kappa shape index (κ2) is 6.04. The topological polar surface area (TPSA) is 49.8 Å². The molecule has 2 aliphatic rings. The summed E-state index contributed by atoms with van der Waals surface area (Å²) in [4.78, 5) is 13.6. The minimum absolute atomic E-state index is 0.118. The van der Waals surface area contributed by atoms with Crippen LogP contribution in [0.25, 0.3) is 0 Å². The number of carboxylic acids is 1. The van der Waals surface area contributed by atoms with Crippen molar-refractivity contribution in [3.8, 4) is 5.75 Å². The van der Waals surface area contributed by atoms with Gasteiger partial charge in [-0.3, -0.25) is 0 Å². The van der Waals surface area contributed by atoms with Gasteiger partial charge >= 0.3 is 5.97 Å². The molecule has 1 saturated carbocycles. The molecular weight excluding hydrogens is 326 g/mol. The minimum Gasteiger partial charge on any atom is -0.497 e. The largest absolute Gasteiger partial charge is 0.497 e. The molecule has 4 nitrogen and oxygen atoms in total. The summed E-state index contributed by atoms with van der Waals surface area (Å²) in [5, 5.41) is 9.19. The summed E-state index contributed by atoms with van der Waals surface area (Å²) in [7, 11) is 3.87. The molecule has 0 aromatic heterocycles. The molecule has 0 amide bonds. The van der Waals surface area contributed by atoms with Crippen molar-refractivity contribution in [2.75, 3.05) is 19.1 Å². The highest BCUT2D eigenvalue weighted by Gasteiger charge is 2.50. The lowest BCUT2D eigenvalue weighted by Gasteiger charge is -2.49. The van der Waals surface area contributed by atoms with Gasteiger partial charge in [0.25, 0.3) is 0 Å². The van der Waals surface area contributed by atoms with Gasteiger partial charge in [-0.15, -0.1) is 0 Å². The van der Waals surface area contributed by atoms with Crippen molar-refractivity contribution in [2.45, 2.75) is 37.6 Å². The maximum absolute atomic E-state index is 11.2. The van der Waals surface area contributed by atoms with Gasteiger partial charge in [-0.25, -0.2) is 4.79 Å². The normalized spacial score (nSPS) is 27.0. The molecule has 1 aliphatic heterocycles. The number of nitrogens with zero attached hydrogens (tertiary/aromatic N) is 1. The lowest BCUT2D eigenvalue weighted by Crippen LogP contribution is -2.44. The number of carbonyl (C=O) groups is 1. The Labute approximate surface area is 154 Å². The van der Waals surface area contributed by atoms with Crippen molar-refractivity contribution < 1.29 is 14.6 Å². The third kappa shape index (κ3) is 2.39. The Morgan fingerprint density at radius 3 is 2.62 bits per heavy atom. The molecule has 0 unspecified atom stereocenters. The molecule has 3 atom stereocenters. The molecule has 136 valence electrons. The van der Waals surface area contributed by atoms with Crippen LogP contribution in [0.3, 0.4) is 0 Å². The van der Waals surface area contributed by atoms with E-state index in [0.29, 0.717) is 11.5 Å². The number of hydrogen-bond donors (Lipinski definition) is 1. The van der Waals surface area contributed by atoms with Crippen molar-refractivity contribution >= 4 is 11.7 Å². The van der Waals surface area contributed by atoms with Crippen molar-refractivity contribution in [3.63, 3.8) is 0 Å². The zero-order valence-corrected chi connectivity index (χ0v) is 15.5. The van der Waals surface area contributed by atoms with Crippen molar-refractivity contribution in [1.29, 1.82) is 0 Å². The second-order valence-electron chi connectivity index (χ2n) is 7.78. The summed E-state index contributed by atoms with van der Waals surface area (Å²) in [6.45, 7) is 2.38. The van der Waals surface area contributed by atoms with Gasteiger partial charge in [-0.1, -0.05) is 25.5 Å². The third-order valence-electron chi connectivity index (χ3n) is 6.53. The quantitative estimate of drug-likeness (QED) is 0.875. The molecule has 26 heavy (non-hydrogen) atoms. The van der Waals surface area contributed by atoms with Crippen LogP contribution in [-0.2, 0) is 5.41 Å². The van der Waals surface area contributed by atoms with Crippen LogP contribution in [0.4, 0.5) is 5.69 Å². The van der Waals surface area contributed by atoms with Crippen LogP contribution in [0, 0.1) is 5.92 Å². The Morgan fingerprint density at radius 2 is 1.96 bits per heavy atom. The monoisotopic (exact) mass is 351 g/mol. The maximum atomic E-state index is 11.2. The number of anilines is 1. The molecule has 1 aliphatic carbocycles. The van der Waals surface area contributed by atoms with Crippen LogP contribution in [0.2, 0.25) is 0 Å². The van der Waals surface area contributed by atoms with Gasteiger partial charge < -0.3 is 14.7 Å². The SMILES string of the molecule is COc1ccc2c(c1)[C@]1(C)CCC[C@@H]1[C@@H](c1ccc(C(=O)O)cc1)N2C. The molecule has 1 heterocycles. The highest BCUT2D eigenvalue weighted by molar-refractivity contribution is 5.87. The molecule has 1 fully saturated rings. The number of carboxylic acid groups (broad SMARTS) is 1. The minimum atomic E-state index is -0.878. The maximum Gasteiger partial charge on any atom is 0.335 e. The van der Waals surface area contributed by atoms with Gasteiger partial charge in [0.15, 0.2) is 0 Å². The van der Waals surface area contributed by atoms with E-state index < -0.39 is 5.97 Å². The Hall–Kier alpha value is -2.49. The van der Waals surface area contributed by atoms with E-state index in [1.54, 1.807) is 19.2 Å². The van der Waals surface area contributed by atoms with Gasteiger partial charge in [-0.2, -0.15) is 0 Å². The molecule has 0 radical (unpaired) electrons. The van der Waals surface area contributed by atoms with Gasteiger partial charge in [0.1, 0.15) is 5.75 Å². The summed E-state index contributed by atoms with van der Waals surface area (Å²) in [5.74, 6) is 0.535. The molecule has 0 saturated heterocycles. The summed E-state index contributed by atoms with van der Waals surface area (Å²) < 4.78 is 5.48. The van der Waals surface area contributed by atoms with Crippen LogP contribution < -0.4 is 9.64 Å². The fraction of sp³-hybridized carbons (Fsp3) is 0.409. The van der Waals surface area contributed by atoms with Crippen LogP contribution in [0.15, 0.2) is 42.5 Å². The molecule has 1 N–H and O–H groups in total. The number of hydrogen-bond acceptors (Lipinski definition) is 3. The Kier molecular flexibility index (Phi) is 3.94. The molecule has 0 bridgehead atoms. The summed E-state index contributed by atoms with van der Waals surface area (Å²) >= 11 is 0. The van der Waals surface area contributed by atoms with E-state index in [9.17, 15) is 9.90 Å². The average molecular weight is 351 g/mol. The first-order chi connectivity index (χ1) is 12.5. The van der Waals surface area contributed by atoms with Crippen molar-refractivity contribution in [1.82, 2.24) is 0 Å². The standard InChI is InChI=1S/C22H25NO3/c1-22-12-4-5-17(22)20(14-6-8-15(9-7-14)21(24)25)23(2)19-11-10-16(26-3)13-18(19)22/h6-11,13,17,20H,4-5,12H2,1-3H3,(H,24,25)/t17-,20-,22-/m1/s1. The van der Waals surface area contributed by atoms with E-state index in [-0.39, 0.29) is 11.5 Å². The van der Waals surface area contributed by atoms with Gasteiger partial charge in [0.05, 0.1) is 18.7 Å². The highest BCUT2D eigenvalue weighted by atomic mass is 16.5. The van der Waals surface area contributed by atoms with E-state index >= 15 is 0 Å². The van der Waals surface area contributed by atoms with E-state index in [2.05, 4.69) is 31.0 Å². The Bertz CT molecular complexity index is 845. The number of ether oxygens (including phenoxy) is 1. The fourth-order valence-corrected chi connectivity index (χ4v) is 5.14. The molecule has 2 aromatic rings. The number of benzene rings is 2. The third-order valence-corrected chi connectivity index (χ3v) is 6.53. The molecule has 0 spiro atoms. The molecule has 2 aromatic carbocycles. The number of rotatable bonds is 3. The summed E-state index contributed by atoms with van der Waals surface area (Å²) in [5.41, 5.74) is 4.27. The Balaban J connectivity index is 1.82. The van der Waals surface area contributed by atoms with Gasteiger partial charge in [0.2, 0.25) is 0 Å². The predicted octanol–water partition coefficient (Wildman–Crippen LogP) is 4.64. The number of methoxy groups -OCH3 is 1. The van der Waals surface area contributed by atoms with E-state index in [1.807, 2.05) is 18.2 Å². The van der Waals surface area contributed by atoms with E-state index in [1.165, 1.54) is 36.1 Å². The zero-order chi connectivity index (χ0) is 18.5. The van der Waals surface area contributed by atoms with Crippen LogP contribution in [-0.4, -0.2) is 25.2 Å². The summed E-state index contributed by atoms with van der Waals surface area (Å²) in [6.07, 6.45) is 3.58. The van der Waals surface area contributed by atoms with Crippen molar-refractivity contribution in [2.24, 2.45) is 5.92 Å². The molecule has 4 rings (SSSR count). The predicted molar refractivity (Wildman–Crippen MR) is 102 cm³/mol. The van der Waals surface area contributed by atoms with Gasteiger partial charge in [-0.05, 0) is 65.6 Å². The Morgan fingerprint density at radius 1 is 1.23 bits per heavy atom. The second-order valence-corrected chi connectivity index (χ2v) is 7.78. The molecular formula is C22H25NO3. The highest BCUT2D eigenvalue weighted by Crippen LogP contribution is 2.58. The zero-order valence-electron chi connectivity index (χ0n) is 15.5. The lowest BCUT2D eigenvalue weighted by molar-refractivity contribution is 0.0697. The summed E-state index contributed by atoms with van der Waals surface area (Å²) in [6, 6.07) is 14.1. The average Bonchev–Trinajstić information content (AvgIpc) is 3.04. The smallest absolute Gasteiger partial charge is 0.335 e.